The van der Waals surface area contributed by atoms with Gasteiger partial charge in [-0.05, 0) is 24.5 Å². The van der Waals surface area contributed by atoms with Gasteiger partial charge in [0.1, 0.15) is 5.69 Å². The normalized spacial score (nSPS) is 9.93. The fraction of sp³-hybridized carbons (Fsp3) is 0.273. The lowest BCUT2D eigenvalue weighted by atomic mass is 10.3. The van der Waals surface area contributed by atoms with Gasteiger partial charge in [-0.15, -0.1) is 0 Å². The summed E-state index contributed by atoms with van der Waals surface area (Å²) in [5.74, 6) is 5.89. The maximum Gasteiger partial charge on any atom is 0.153 e. The first-order chi connectivity index (χ1) is 7.40. The molecule has 4 nitrogen and oxygen atoms in total. The Morgan fingerprint density at radius 2 is 2.33 bits per heavy atom. The van der Waals surface area contributed by atoms with Crippen LogP contribution in [-0.4, -0.2) is 26.3 Å². The number of fused-ring (bicyclic) bond motifs is 1. The van der Waals surface area contributed by atoms with E-state index in [2.05, 4.69) is 21.9 Å². The number of unbranched alkanes of at least 4 members (excludes halogenated alkanes) is 1. The van der Waals surface area contributed by atoms with Crippen molar-refractivity contribution in [3.8, 4) is 11.8 Å². The molecule has 0 aliphatic carbocycles. The zero-order valence-corrected chi connectivity index (χ0v) is 8.22. The number of hydrogen-bond acceptors (Lipinski definition) is 3. The maximum absolute atomic E-state index is 8.58. The molecule has 0 radical (unpaired) electrons. The molecule has 76 valence electrons. The van der Waals surface area contributed by atoms with Gasteiger partial charge in [-0.2, -0.15) is 5.10 Å². The fourth-order valence-corrected chi connectivity index (χ4v) is 1.20. The van der Waals surface area contributed by atoms with Crippen LogP contribution in [0.2, 0.25) is 0 Å². The monoisotopic (exact) mass is 201 g/mol. The second-order valence-corrected chi connectivity index (χ2v) is 3.08. The number of aromatic nitrogens is 3. The van der Waals surface area contributed by atoms with Crippen LogP contribution in [0.1, 0.15) is 18.5 Å². The minimum atomic E-state index is 0.183. The third kappa shape index (κ3) is 2.33. The zero-order chi connectivity index (χ0) is 10.5. The molecular formula is C11H11N3O. The molecule has 0 aliphatic heterocycles. The number of imidazole rings is 1. The van der Waals surface area contributed by atoms with Crippen LogP contribution in [-0.2, 0) is 0 Å². The smallest absolute Gasteiger partial charge is 0.153 e. The summed E-state index contributed by atoms with van der Waals surface area (Å²) in [6, 6.07) is 3.72. The summed E-state index contributed by atoms with van der Waals surface area (Å²) in [5, 5.41) is 12.8. The molecule has 2 rings (SSSR count). The van der Waals surface area contributed by atoms with Gasteiger partial charge in [0.05, 0.1) is 0 Å². The average molecular weight is 201 g/mol. The van der Waals surface area contributed by atoms with E-state index in [0.29, 0.717) is 12.8 Å². The van der Waals surface area contributed by atoms with Crippen molar-refractivity contribution >= 4 is 5.65 Å². The predicted molar refractivity (Wildman–Crippen MR) is 56.2 cm³/mol. The Bertz CT molecular complexity index is 507. The molecule has 0 saturated heterocycles. The highest BCUT2D eigenvalue weighted by molar-refractivity contribution is 5.39. The van der Waals surface area contributed by atoms with Crippen LogP contribution in [0.5, 0.6) is 0 Å². The van der Waals surface area contributed by atoms with Gasteiger partial charge in [0.25, 0.3) is 0 Å². The fourth-order valence-electron chi connectivity index (χ4n) is 1.20. The van der Waals surface area contributed by atoms with E-state index in [1.54, 1.807) is 16.9 Å². The molecular weight excluding hydrogens is 190 g/mol. The summed E-state index contributed by atoms with van der Waals surface area (Å²) in [6.45, 7) is 0.183. The van der Waals surface area contributed by atoms with E-state index in [1.807, 2.05) is 12.1 Å². The molecule has 0 amide bonds. The number of aliphatic hydroxyl groups excluding tert-OH is 1. The maximum atomic E-state index is 8.58. The second-order valence-electron chi connectivity index (χ2n) is 3.08. The molecule has 0 spiro atoms. The number of nitrogens with zero attached hydrogens (tertiary/aromatic N) is 3. The van der Waals surface area contributed by atoms with E-state index in [4.69, 9.17) is 5.11 Å². The summed E-state index contributed by atoms with van der Waals surface area (Å²) >= 11 is 0. The van der Waals surface area contributed by atoms with Crippen molar-refractivity contribution in [1.82, 2.24) is 14.6 Å². The van der Waals surface area contributed by atoms with Crippen LogP contribution in [0, 0.1) is 11.8 Å². The van der Waals surface area contributed by atoms with Gasteiger partial charge in [-0.25, -0.2) is 9.50 Å². The SMILES string of the molecule is OCCCC#Cc1ccc2nccn2n1. The average Bonchev–Trinajstić information content (AvgIpc) is 2.71. The van der Waals surface area contributed by atoms with Gasteiger partial charge < -0.3 is 5.11 Å². The molecule has 0 aromatic carbocycles. The van der Waals surface area contributed by atoms with Crippen molar-refractivity contribution < 1.29 is 5.11 Å². The van der Waals surface area contributed by atoms with Crippen LogP contribution in [0.15, 0.2) is 24.5 Å². The Morgan fingerprint density at radius 3 is 3.20 bits per heavy atom. The highest BCUT2D eigenvalue weighted by atomic mass is 16.2. The molecule has 15 heavy (non-hydrogen) atoms. The van der Waals surface area contributed by atoms with Crippen LogP contribution in [0.25, 0.3) is 5.65 Å². The molecule has 0 unspecified atom stereocenters. The highest BCUT2D eigenvalue weighted by Crippen LogP contribution is 1.99. The topological polar surface area (TPSA) is 50.4 Å². The number of rotatable bonds is 2. The Hall–Kier alpha value is -1.86. The first kappa shape index (κ1) is 9.69. The van der Waals surface area contributed by atoms with Crippen molar-refractivity contribution in [2.75, 3.05) is 6.61 Å². The van der Waals surface area contributed by atoms with E-state index in [0.717, 1.165) is 11.3 Å². The summed E-state index contributed by atoms with van der Waals surface area (Å²) in [6.07, 6.45) is 4.89. The van der Waals surface area contributed by atoms with Gasteiger partial charge in [0.2, 0.25) is 0 Å². The largest absolute Gasteiger partial charge is 0.396 e. The van der Waals surface area contributed by atoms with Gasteiger partial charge in [0.15, 0.2) is 5.65 Å². The van der Waals surface area contributed by atoms with Crippen LogP contribution in [0.4, 0.5) is 0 Å². The Morgan fingerprint density at radius 1 is 1.40 bits per heavy atom. The van der Waals surface area contributed by atoms with Crippen molar-refractivity contribution in [2.24, 2.45) is 0 Å². The molecule has 0 bridgehead atoms. The first-order valence-electron chi connectivity index (χ1n) is 4.80. The third-order valence-electron chi connectivity index (χ3n) is 1.93. The predicted octanol–water partition coefficient (Wildman–Crippen LogP) is 0.853. The van der Waals surface area contributed by atoms with E-state index in [9.17, 15) is 0 Å². The third-order valence-corrected chi connectivity index (χ3v) is 1.93. The molecule has 0 atom stereocenters. The highest BCUT2D eigenvalue weighted by Gasteiger charge is 1.94. The van der Waals surface area contributed by atoms with Gasteiger partial charge in [0, 0.05) is 25.4 Å². The summed E-state index contributed by atoms with van der Waals surface area (Å²) < 4.78 is 1.69. The molecule has 2 aromatic heterocycles. The Labute approximate surface area is 87.6 Å². The molecule has 4 heteroatoms. The van der Waals surface area contributed by atoms with Crippen molar-refractivity contribution in [2.45, 2.75) is 12.8 Å². The Kier molecular flexibility index (Phi) is 2.96. The minimum absolute atomic E-state index is 0.183. The summed E-state index contributed by atoms with van der Waals surface area (Å²) in [4.78, 5) is 4.09. The molecule has 0 fully saturated rings. The molecule has 2 aromatic rings. The van der Waals surface area contributed by atoms with Gasteiger partial charge in [-0.1, -0.05) is 5.92 Å². The Balaban J connectivity index is 2.16. The van der Waals surface area contributed by atoms with E-state index >= 15 is 0 Å². The van der Waals surface area contributed by atoms with Crippen molar-refractivity contribution in [3.05, 3.63) is 30.2 Å². The standard InChI is InChI=1S/C11H11N3O/c15-9-3-1-2-4-10-5-6-11-12-7-8-14(11)13-10/h5-8,15H,1,3,9H2. The lowest BCUT2D eigenvalue weighted by molar-refractivity contribution is 0.290. The van der Waals surface area contributed by atoms with E-state index in [1.165, 1.54) is 0 Å². The molecule has 0 saturated carbocycles. The summed E-state index contributed by atoms with van der Waals surface area (Å²) in [7, 11) is 0. The van der Waals surface area contributed by atoms with E-state index < -0.39 is 0 Å². The zero-order valence-electron chi connectivity index (χ0n) is 8.22. The van der Waals surface area contributed by atoms with Gasteiger partial charge in [-0.3, -0.25) is 0 Å². The van der Waals surface area contributed by atoms with Crippen LogP contribution >= 0.6 is 0 Å². The summed E-state index contributed by atoms with van der Waals surface area (Å²) in [5.41, 5.74) is 1.54. The molecule has 2 heterocycles. The van der Waals surface area contributed by atoms with Gasteiger partial charge >= 0.3 is 0 Å². The van der Waals surface area contributed by atoms with E-state index in [-0.39, 0.29) is 6.61 Å². The quantitative estimate of drug-likeness (QED) is 0.579. The first-order valence-corrected chi connectivity index (χ1v) is 4.80. The lowest BCUT2D eigenvalue weighted by Gasteiger charge is -1.92. The van der Waals surface area contributed by atoms with Crippen LogP contribution < -0.4 is 0 Å². The lowest BCUT2D eigenvalue weighted by Crippen LogP contribution is -1.92. The second kappa shape index (κ2) is 4.58. The molecule has 1 N–H and O–H groups in total. The minimum Gasteiger partial charge on any atom is -0.396 e. The number of hydrogen-bond donors (Lipinski definition) is 1. The molecule has 0 aliphatic rings. The number of aliphatic hydroxyl groups is 1. The van der Waals surface area contributed by atoms with Crippen molar-refractivity contribution in [3.63, 3.8) is 0 Å². The van der Waals surface area contributed by atoms with Crippen LogP contribution in [0.3, 0.4) is 0 Å². The van der Waals surface area contributed by atoms with Crippen molar-refractivity contribution in [1.29, 1.82) is 0 Å².